The van der Waals surface area contributed by atoms with E-state index >= 15 is 0 Å². The first-order chi connectivity index (χ1) is 13.6. The highest BCUT2D eigenvalue weighted by Crippen LogP contribution is 2.15. The van der Waals surface area contributed by atoms with Crippen LogP contribution in [-0.2, 0) is 17.8 Å². The minimum Gasteiger partial charge on any atom is -0.334 e. The van der Waals surface area contributed by atoms with Gasteiger partial charge in [0.05, 0.1) is 6.42 Å². The number of carbonyl (C=O) groups excluding carboxylic acids is 2. The van der Waals surface area contributed by atoms with E-state index in [1.54, 1.807) is 36.5 Å². The van der Waals surface area contributed by atoms with E-state index in [9.17, 15) is 9.59 Å². The molecule has 0 saturated heterocycles. The second-order valence-corrected chi connectivity index (χ2v) is 6.33. The van der Waals surface area contributed by atoms with Crippen LogP contribution in [0.5, 0.6) is 0 Å². The molecule has 3 amide bonds. The fourth-order valence-corrected chi connectivity index (χ4v) is 2.66. The average molecular weight is 374 g/mol. The topological polar surface area (TPSA) is 74.3 Å². The fraction of sp³-hybridized carbons (Fsp3) is 0.136. The van der Waals surface area contributed by atoms with Crippen LogP contribution in [0.2, 0.25) is 0 Å². The molecule has 0 fully saturated rings. The number of amides is 3. The Morgan fingerprint density at radius 2 is 1.68 bits per heavy atom. The maximum atomic E-state index is 12.4. The first-order valence-electron chi connectivity index (χ1n) is 8.96. The van der Waals surface area contributed by atoms with Crippen molar-refractivity contribution in [3.05, 3.63) is 90.3 Å². The molecule has 6 nitrogen and oxygen atoms in total. The summed E-state index contributed by atoms with van der Waals surface area (Å²) in [7, 11) is 1.76. The number of hydrogen-bond donors (Lipinski definition) is 2. The number of benzene rings is 2. The summed E-state index contributed by atoms with van der Waals surface area (Å²) in [6, 6.07) is 20.2. The zero-order valence-electron chi connectivity index (χ0n) is 15.6. The van der Waals surface area contributed by atoms with Gasteiger partial charge in [0, 0.05) is 37.4 Å². The van der Waals surface area contributed by atoms with Crippen LogP contribution < -0.4 is 15.5 Å². The van der Waals surface area contributed by atoms with E-state index in [1.165, 1.54) is 0 Å². The van der Waals surface area contributed by atoms with Gasteiger partial charge in [-0.3, -0.25) is 9.78 Å². The van der Waals surface area contributed by atoms with Crippen LogP contribution in [0.4, 0.5) is 16.2 Å². The number of urea groups is 1. The van der Waals surface area contributed by atoms with Gasteiger partial charge in [0.1, 0.15) is 0 Å². The summed E-state index contributed by atoms with van der Waals surface area (Å²) < 4.78 is 0. The third-order valence-electron chi connectivity index (χ3n) is 4.26. The summed E-state index contributed by atoms with van der Waals surface area (Å²) in [5.74, 6) is 0.00104. The van der Waals surface area contributed by atoms with Gasteiger partial charge in [-0.2, -0.15) is 0 Å². The number of likely N-dealkylation sites (N-methyl/N-ethyl adjacent to an activating group) is 1. The Kier molecular flexibility index (Phi) is 6.36. The molecule has 6 heteroatoms. The molecule has 3 rings (SSSR count). The van der Waals surface area contributed by atoms with Gasteiger partial charge in [-0.1, -0.05) is 36.4 Å². The molecule has 0 radical (unpaired) electrons. The highest BCUT2D eigenvalue weighted by molar-refractivity contribution is 5.94. The lowest BCUT2D eigenvalue weighted by atomic mass is 10.1. The molecule has 0 atom stereocenters. The molecule has 0 bridgehead atoms. The Labute approximate surface area is 164 Å². The van der Waals surface area contributed by atoms with Crippen LogP contribution in [0.15, 0.2) is 79.1 Å². The zero-order valence-corrected chi connectivity index (χ0v) is 15.6. The molecule has 2 aromatic carbocycles. The molecule has 0 spiro atoms. The largest absolute Gasteiger partial charge is 0.334 e. The van der Waals surface area contributed by atoms with Crippen LogP contribution in [0.1, 0.15) is 11.1 Å². The van der Waals surface area contributed by atoms with Crippen LogP contribution in [-0.4, -0.2) is 24.0 Å². The van der Waals surface area contributed by atoms with Crippen molar-refractivity contribution >= 4 is 23.3 Å². The Morgan fingerprint density at radius 1 is 0.929 bits per heavy atom. The van der Waals surface area contributed by atoms with E-state index in [-0.39, 0.29) is 11.9 Å². The molecule has 0 saturated carbocycles. The molecule has 1 heterocycles. The van der Waals surface area contributed by atoms with E-state index in [0.29, 0.717) is 18.7 Å². The lowest BCUT2D eigenvalue weighted by molar-refractivity contribution is -0.117. The molecular weight excluding hydrogens is 352 g/mol. The lowest BCUT2D eigenvalue weighted by Crippen LogP contribution is -2.28. The van der Waals surface area contributed by atoms with Crippen molar-refractivity contribution in [1.82, 2.24) is 10.3 Å². The summed E-state index contributed by atoms with van der Waals surface area (Å²) >= 11 is 0. The summed E-state index contributed by atoms with van der Waals surface area (Å²) in [4.78, 5) is 30.1. The maximum absolute atomic E-state index is 12.4. The number of nitrogens with zero attached hydrogens (tertiary/aromatic N) is 2. The van der Waals surface area contributed by atoms with Gasteiger partial charge in [0.25, 0.3) is 0 Å². The standard InChI is InChI=1S/C22H22N4O2/c1-26(20-7-3-2-4-8-20)21(27)14-17-9-11-19(12-10-17)25-22(28)24-16-18-6-5-13-23-15-18/h2-13,15H,14,16H2,1H3,(H2,24,25,28). The fourth-order valence-electron chi connectivity index (χ4n) is 2.66. The smallest absolute Gasteiger partial charge is 0.319 e. The number of hydrogen-bond acceptors (Lipinski definition) is 3. The van der Waals surface area contributed by atoms with Crippen molar-refractivity contribution in [3.8, 4) is 0 Å². The van der Waals surface area contributed by atoms with E-state index in [0.717, 1.165) is 16.8 Å². The molecule has 2 N–H and O–H groups in total. The van der Waals surface area contributed by atoms with Gasteiger partial charge < -0.3 is 15.5 Å². The molecule has 0 aliphatic carbocycles. The van der Waals surface area contributed by atoms with E-state index in [4.69, 9.17) is 0 Å². The SMILES string of the molecule is CN(C(=O)Cc1ccc(NC(=O)NCc2cccnc2)cc1)c1ccccc1. The van der Waals surface area contributed by atoms with Crippen molar-refractivity contribution in [3.63, 3.8) is 0 Å². The highest BCUT2D eigenvalue weighted by Gasteiger charge is 2.11. The number of pyridine rings is 1. The third kappa shape index (κ3) is 5.41. The lowest BCUT2D eigenvalue weighted by Gasteiger charge is -2.17. The maximum Gasteiger partial charge on any atom is 0.319 e. The second kappa shape index (κ2) is 9.32. The van der Waals surface area contributed by atoms with Gasteiger partial charge in [0.2, 0.25) is 5.91 Å². The summed E-state index contributed by atoms with van der Waals surface area (Å²) in [5, 5.41) is 5.55. The molecule has 0 aliphatic rings. The van der Waals surface area contributed by atoms with Gasteiger partial charge in [0.15, 0.2) is 0 Å². The summed E-state index contributed by atoms with van der Waals surface area (Å²) in [6.07, 6.45) is 3.69. The molecule has 0 unspecified atom stereocenters. The Hall–Kier alpha value is -3.67. The Balaban J connectivity index is 1.50. The number of carbonyl (C=O) groups is 2. The van der Waals surface area contributed by atoms with Crippen molar-refractivity contribution in [1.29, 1.82) is 0 Å². The van der Waals surface area contributed by atoms with E-state index < -0.39 is 0 Å². The molecule has 28 heavy (non-hydrogen) atoms. The predicted octanol–water partition coefficient (Wildman–Crippen LogP) is 3.61. The van der Waals surface area contributed by atoms with Crippen molar-refractivity contribution in [2.75, 3.05) is 17.3 Å². The van der Waals surface area contributed by atoms with Crippen LogP contribution >= 0.6 is 0 Å². The molecule has 3 aromatic rings. The highest BCUT2D eigenvalue weighted by atomic mass is 16.2. The second-order valence-electron chi connectivity index (χ2n) is 6.33. The number of nitrogens with one attached hydrogen (secondary N) is 2. The quantitative estimate of drug-likeness (QED) is 0.692. The monoisotopic (exact) mass is 374 g/mol. The van der Waals surface area contributed by atoms with Crippen LogP contribution in [0.3, 0.4) is 0 Å². The van der Waals surface area contributed by atoms with Gasteiger partial charge >= 0.3 is 6.03 Å². The summed E-state index contributed by atoms with van der Waals surface area (Å²) in [5.41, 5.74) is 3.33. The molecule has 142 valence electrons. The average Bonchev–Trinajstić information content (AvgIpc) is 2.74. The first-order valence-corrected chi connectivity index (χ1v) is 8.96. The zero-order chi connectivity index (χ0) is 19.8. The van der Waals surface area contributed by atoms with Gasteiger partial charge in [-0.15, -0.1) is 0 Å². The number of anilines is 2. The van der Waals surface area contributed by atoms with Gasteiger partial charge in [-0.05, 0) is 41.5 Å². The first kappa shape index (κ1) is 19.1. The van der Waals surface area contributed by atoms with Crippen molar-refractivity contribution in [2.24, 2.45) is 0 Å². The Morgan fingerprint density at radius 3 is 2.36 bits per heavy atom. The van der Waals surface area contributed by atoms with Gasteiger partial charge in [-0.25, -0.2) is 4.79 Å². The minimum atomic E-state index is -0.295. The number of aromatic nitrogens is 1. The Bertz CT molecular complexity index is 912. The van der Waals surface area contributed by atoms with Crippen molar-refractivity contribution in [2.45, 2.75) is 13.0 Å². The van der Waals surface area contributed by atoms with Crippen molar-refractivity contribution < 1.29 is 9.59 Å². The van der Waals surface area contributed by atoms with E-state index in [1.807, 2.05) is 54.6 Å². The van der Waals surface area contributed by atoms with Crippen LogP contribution in [0, 0.1) is 0 Å². The normalized spacial score (nSPS) is 10.2. The van der Waals surface area contributed by atoms with E-state index in [2.05, 4.69) is 15.6 Å². The van der Waals surface area contributed by atoms with Crippen LogP contribution in [0.25, 0.3) is 0 Å². The minimum absolute atomic E-state index is 0.00104. The molecular formula is C22H22N4O2. The third-order valence-corrected chi connectivity index (χ3v) is 4.26. The summed E-state index contributed by atoms with van der Waals surface area (Å²) in [6.45, 7) is 0.401. The number of para-hydroxylation sites is 1. The predicted molar refractivity (Wildman–Crippen MR) is 110 cm³/mol. The molecule has 0 aliphatic heterocycles. The number of rotatable bonds is 6. The molecule has 1 aromatic heterocycles.